The van der Waals surface area contributed by atoms with Gasteiger partial charge in [-0.15, -0.1) is 0 Å². The molecule has 0 aliphatic heterocycles. The molecule has 1 unspecified atom stereocenters. The lowest BCUT2D eigenvalue weighted by Gasteiger charge is -2.24. The molecule has 0 heterocycles. The minimum absolute atomic E-state index is 0.0538. The van der Waals surface area contributed by atoms with Crippen molar-refractivity contribution in [2.75, 3.05) is 14.9 Å². The van der Waals surface area contributed by atoms with Crippen LogP contribution in [0.4, 0.5) is 21.9 Å². The number of nitrogen functional groups attached to an aromatic ring is 1. The zero-order chi connectivity index (χ0) is 25.5. The van der Waals surface area contributed by atoms with Gasteiger partial charge in [-0.05, 0) is 41.5 Å². The second-order valence-corrected chi connectivity index (χ2v) is 8.60. The number of carbonyl (C=O) groups is 1. The molecule has 0 spiro atoms. The summed E-state index contributed by atoms with van der Waals surface area (Å²) in [6.45, 7) is 0.231. The number of benzene rings is 4. The van der Waals surface area contributed by atoms with Gasteiger partial charge in [0, 0.05) is 33.8 Å². The molecule has 0 saturated heterocycles. The number of rotatable bonds is 8. The molecule has 0 bridgehead atoms. The van der Waals surface area contributed by atoms with Crippen LogP contribution < -0.4 is 20.7 Å². The maximum absolute atomic E-state index is 13.4. The summed E-state index contributed by atoms with van der Waals surface area (Å²) in [5.74, 6) is -0.0538. The van der Waals surface area contributed by atoms with Gasteiger partial charge >= 0.3 is 6.03 Å². The van der Waals surface area contributed by atoms with Crippen LogP contribution in [0, 0.1) is 5.41 Å². The third-order valence-electron chi connectivity index (χ3n) is 5.44. The van der Waals surface area contributed by atoms with Gasteiger partial charge in [-0.25, -0.2) is 4.79 Å². The van der Waals surface area contributed by atoms with Crippen LogP contribution in [-0.2, 0) is 17.8 Å². The van der Waals surface area contributed by atoms with Gasteiger partial charge in [0.05, 0.1) is 12.2 Å². The summed E-state index contributed by atoms with van der Waals surface area (Å²) in [7, 11) is 0. The van der Waals surface area contributed by atoms with Crippen LogP contribution in [-0.4, -0.2) is 20.6 Å². The van der Waals surface area contributed by atoms with E-state index in [9.17, 15) is 13.6 Å². The minimum Gasteiger partial charge on any atom is -0.755 e. The van der Waals surface area contributed by atoms with Gasteiger partial charge < -0.3 is 20.3 Å². The fourth-order valence-electron chi connectivity index (χ4n) is 3.76. The van der Waals surface area contributed by atoms with Crippen molar-refractivity contribution >= 4 is 40.2 Å². The summed E-state index contributed by atoms with van der Waals surface area (Å²) >= 11 is -2.54. The molecule has 36 heavy (non-hydrogen) atoms. The molecule has 9 heteroatoms. The van der Waals surface area contributed by atoms with Crippen molar-refractivity contribution in [2.24, 2.45) is 5.73 Å². The van der Waals surface area contributed by atoms with E-state index in [-0.39, 0.29) is 12.4 Å². The molecule has 4 aromatic rings. The molecule has 4 aromatic carbocycles. The second kappa shape index (κ2) is 11.3. The summed E-state index contributed by atoms with van der Waals surface area (Å²) in [6, 6.07) is 30.3. The molecule has 2 amide bonds. The third-order valence-corrected chi connectivity index (χ3v) is 5.83. The molecule has 1 atom stereocenters. The molecular formula is C27H24N5O3S-. The number of carbonyl (C=O) groups excluding carboxylic acids is 1. The topological polar surface area (TPSA) is 134 Å². The summed E-state index contributed by atoms with van der Waals surface area (Å²) in [4.78, 5) is 15.0. The number of urea groups is 1. The van der Waals surface area contributed by atoms with E-state index in [2.05, 4.69) is 10.0 Å². The Morgan fingerprint density at radius 3 is 2.28 bits per heavy atom. The maximum Gasteiger partial charge on any atom is 0.326 e. The van der Waals surface area contributed by atoms with Gasteiger partial charge in [-0.2, -0.15) is 0 Å². The smallest absolute Gasteiger partial charge is 0.326 e. The highest BCUT2D eigenvalue weighted by molar-refractivity contribution is 7.80. The van der Waals surface area contributed by atoms with Gasteiger partial charge in [0.15, 0.2) is 0 Å². The number of hydrogen-bond acceptors (Lipinski definition) is 4. The lowest BCUT2D eigenvalue weighted by Crippen LogP contribution is -2.34. The number of anilines is 3. The van der Waals surface area contributed by atoms with Crippen LogP contribution in [0.15, 0.2) is 103 Å². The van der Waals surface area contributed by atoms with Crippen LogP contribution in [0.1, 0.15) is 11.1 Å². The molecule has 0 radical (unpaired) electrons. The zero-order valence-corrected chi connectivity index (χ0v) is 20.0. The lowest BCUT2D eigenvalue weighted by atomic mass is 10.0. The van der Waals surface area contributed by atoms with Gasteiger partial charge in [-0.1, -0.05) is 72.8 Å². The minimum atomic E-state index is -2.54. The van der Waals surface area contributed by atoms with E-state index in [1.165, 1.54) is 0 Å². The Morgan fingerprint density at radius 2 is 1.61 bits per heavy atom. The van der Waals surface area contributed by atoms with Crippen molar-refractivity contribution in [1.82, 2.24) is 0 Å². The van der Waals surface area contributed by atoms with Crippen molar-refractivity contribution in [3.63, 3.8) is 0 Å². The number of amides is 2. The van der Waals surface area contributed by atoms with Crippen LogP contribution >= 0.6 is 0 Å². The fraction of sp³-hybridized carbons (Fsp3) is 0.0370. The van der Waals surface area contributed by atoms with Crippen LogP contribution in [0.2, 0.25) is 0 Å². The number of amidine groups is 1. The average Bonchev–Trinajstić information content (AvgIpc) is 2.88. The molecule has 182 valence electrons. The summed E-state index contributed by atoms with van der Waals surface area (Å²) < 4.78 is 25.3. The van der Waals surface area contributed by atoms with E-state index in [0.717, 1.165) is 11.1 Å². The zero-order valence-electron chi connectivity index (χ0n) is 19.2. The van der Waals surface area contributed by atoms with E-state index in [1.807, 2.05) is 66.7 Å². The number of nitrogens with two attached hydrogens (primary N) is 1. The van der Waals surface area contributed by atoms with E-state index >= 15 is 0 Å². The molecule has 4 rings (SSSR count). The fourth-order valence-corrected chi connectivity index (χ4v) is 4.11. The van der Waals surface area contributed by atoms with Gasteiger partial charge in [0.1, 0.15) is 5.84 Å². The predicted molar refractivity (Wildman–Crippen MR) is 144 cm³/mol. The largest absolute Gasteiger partial charge is 0.755 e. The Labute approximate surface area is 211 Å². The molecule has 8 nitrogen and oxygen atoms in total. The quantitative estimate of drug-likeness (QED) is 0.153. The highest BCUT2D eigenvalue weighted by Crippen LogP contribution is 2.31. The predicted octanol–water partition coefficient (Wildman–Crippen LogP) is 5.08. The van der Waals surface area contributed by atoms with Crippen molar-refractivity contribution in [1.29, 1.82) is 5.41 Å². The van der Waals surface area contributed by atoms with E-state index in [0.29, 0.717) is 28.2 Å². The first-order valence-electron chi connectivity index (χ1n) is 11.0. The first-order chi connectivity index (χ1) is 17.4. The second-order valence-electron chi connectivity index (χ2n) is 7.93. The van der Waals surface area contributed by atoms with Crippen molar-refractivity contribution in [3.8, 4) is 11.1 Å². The highest BCUT2D eigenvalue weighted by Gasteiger charge is 2.18. The Balaban J connectivity index is 1.64. The molecule has 0 saturated carbocycles. The Morgan fingerprint density at radius 1 is 0.917 bits per heavy atom. The molecule has 0 fully saturated rings. The lowest BCUT2D eigenvalue weighted by molar-refractivity contribution is 0.256. The monoisotopic (exact) mass is 498 g/mol. The van der Waals surface area contributed by atoms with E-state index in [4.69, 9.17) is 11.1 Å². The number of nitrogens with one attached hydrogen (secondary N) is 3. The van der Waals surface area contributed by atoms with Gasteiger partial charge in [0.2, 0.25) is 0 Å². The van der Waals surface area contributed by atoms with Crippen LogP contribution in [0.5, 0.6) is 0 Å². The van der Waals surface area contributed by atoms with Crippen molar-refractivity contribution < 1.29 is 13.6 Å². The molecule has 0 aliphatic rings. The molecule has 0 aromatic heterocycles. The van der Waals surface area contributed by atoms with Crippen LogP contribution in [0.3, 0.4) is 0 Å². The van der Waals surface area contributed by atoms with Crippen molar-refractivity contribution in [2.45, 2.75) is 6.54 Å². The SMILES string of the molecule is N=C(N)c1cccc(CN(C(=O)Nc2ccc(-c3ccccc3)c(NS(=O)[O-])c2)c2ccccc2)c1. The normalized spacial score (nSPS) is 11.4. The van der Waals surface area contributed by atoms with Gasteiger partial charge in [-0.3, -0.25) is 14.5 Å². The molecular weight excluding hydrogens is 474 g/mol. The number of para-hydroxylation sites is 1. The van der Waals surface area contributed by atoms with E-state index < -0.39 is 17.3 Å². The summed E-state index contributed by atoms with van der Waals surface area (Å²) in [6.07, 6.45) is 0. The van der Waals surface area contributed by atoms with Gasteiger partial charge in [0.25, 0.3) is 0 Å². The summed E-state index contributed by atoms with van der Waals surface area (Å²) in [5, 5.41) is 10.6. The Bertz CT molecular complexity index is 1400. The average molecular weight is 499 g/mol. The molecule has 0 aliphatic carbocycles. The third kappa shape index (κ3) is 6.15. The Kier molecular flexibility index (Phi) is 7.74. The first kappa shape index (κ1) is 24.6. The van der Waals surface area contributed by atoms with Crippen molar-refractivity contribution in [3.05, 3.63) is 114 Å². The summed E-state index contributed by atoms with van der Waals surface area (Å²) in [5.41, 5.74) is 9.94. The Hall–Kier alpha value is -4.47. The standard InChI is InChI=1S/C27H25N5O3S/c28-26(29)21-11-7-8-19(16-21)18-32(23-12-5-2-6-13-23)27(33)30-22-14-15-24(20-9-3-1-4-10-20)25(17-22)31-36(34)35/h1-17,31H,18H2,(H3,28,29)(H,30,33)(H,34,35)/p-1. The number of hydrogen-bond donors (Lipinski definition) is 4. The first-order valence-corrected chi connectivity index (χ1v) is 12.1. The number of nitrogens with zero attached hydrogens (tertiary/aromatic N) is 1. The highest BCUT2D eigenvalue weighted by atomic mass is 32.2. The molecule has 5 N–H and O–H groups in total. The van der Waals surface area contributed by atoms with E-state index in [1.54, 1.807) is 41.3 Å². The van der Waals surface area contributed by atoms with Crippen LogP contribution in [0.25, 0.3) is 11.1 Å². The maximum atomic E-state index is 13.4.